The topological polar surface area (TPSA) is 54.3 Å². The molecule has 0 aliphatic carbocycles. The second-order valence-corrected chi connectivity index (χ2v) is 9.37. The van der Waals surface area contributed by atoms with E-state index in [2.05, 4.69) is 53.2 Å². The Balaban J connectivity index is 1.30. The number of halogens is 1. The molecule has 0 atom stereocenters. The lowest BCUT2D eigenvalue weighted by Crippen LogP contribution is -2.48. The largest absolute Gasteiger partial charge is 0.339 e. The minimum Gasteiger partial charge on any atom is -0.339 e. The van der Waals surface area contributed by atoms with E-state index >= 15 is 0 Å². The van der Waals surface area contributed by atoms with Crippen LogP contribution in [0.4, 0.5) is 0 Å². The van der Waals surface area contributed by atoms with Gasteiger partial charge in [-0.1, -0.05) is 53.2 Å². The summed E-state index contributed by atoms with van der Waals surface area (Å²) in [4.78, 5) is 17.2. The summed E-state index contributed by atoms with van der Waals surface area (Å²) in [5.74, 6) is 1.32. The van der Waals surface area contributed by atoms with Gasteiger partial charge in [-0.3, -0.25) is 9.69 Å². The predicted octanol–water partition coefficient (Wildman–Crippen LogP) is 4.36. The van der Waals surface area contributed by atoms with Crippen molar-refractivity contribution in [3.63, 3.8) is 0 Å². The van der Waals surface area contributed by atoms with Crippen molar-refractivity contribution in [2.24, 2.45) is 0 Å². The van der Waals surface area contributed by atoms with Crippen molar-refractivity contribution in [1.82, 2.24) is 24.6 Å². The third kappa shape index (κ3) is 5.52. The van der Waals surface area contributed by atoms with Gasteiger partial charge in [0.1, 0.15) is 0 Å². The van der Waals surface area contributed by atoms with Crippen LogP contribution in [-0.2, 0) is 17.9 Å². The molecule has 0 bridgehead atoms. The van der Waals surface area contributed by atoms with Gasteiger partial charge >= 0.3 is 0 Å². The maximum absolute atomic E-state index is 12.8. The Kier molecular flexibility index (Phi) is 7.50. The van der Waals surface area contributed by atoms with Gasteiger partial charge in [-0.2, -0.15) is 0 Å². The molecule has 0 radical (unpaired) electrons. The Morgan fingerprint density at radius 1 is 1.06 bits per heavy atom. The Morgan fingerprint density at radius 3 is 2.50 bits per heavy atom. The number of benzene rings is 2. The fraction of sp³-hybridized carbons (Fsp3) is 0.375. The van der Waals surface area contributed by atoms with E-state index in [0.717, 1.165) is 55.8 Å². The van der Waals surface area contributed by atoms with E-state index in [1.54, 1.807) is 0 Å². The minimum atomic E-state index is 0.156. The number of thioether (sulfide) groups is 1. The van der Waals surface area contributed by atoms with Gasteiger partial charge in [-0.05, 0) is 43.7 Å². The van der Waals surface area contributed by atoms with Gasteiger partial charge in [-0.15, -0.1) is 10.2 Å². The Bertz CT molecular complexity index is 1060. The molecule has 1 aliphatic heterocycles. The van der Waals surface area contributed by atoms with Gasteiger partial charge in [0.05, 0.1) is 5.75 Å². The van der Waals surface area contributed by atoms with E-state index in [0.29, 0.717) is 10.8 Å². The average molecular weight is 470 g/mol. The zero-order valence-electron chi connectivity index (χ0n) is 18.5. The van der Waals surface area contributed by atoms with Crippen LogP contribution in [0.15, 0.2) is 53.7 Å². The lowest BCUT2D eigenvalue weighted by Gasteiger charge is -2.34. The molecule has 8 heteroatoms. The fourth-order valence-corrected chi connectivity index (χ4v) is 4.97. The number of nitrogens with zero attached hydrogens (tertiary/aromatic N) is 5. The monoisotopic (exact) mass is 469 g/mol. The number of hydrogen-bond donors (Lipinski definition) is 0. The average Bonchev–Trinajstić information content (AvgIpc) is 3.21. The molecule has 2 aromatic carbocycles. The first-order chi connectivity index (χ1) is 15.5. The first kappa shape index (κ1) is 22.8. The summed E-state index contributed by atoms with van der Waals surface area (Å²) in [5.41, 5.74) is 3.58. The summed E-state index contributed by atoms with van der Waals surface area (Å²) in [6.45, 7) is 9.18. The molecule has 32 heavy (non-hydrogen) atoms. The molecule has 0 N–H and O–H groups in total. The number of piperazine rings is 1. The predicted molar refractivity (Wildman–Crippen MR) is 130 cm³/mol. The highest BCUT2D eigenvalue weighted by Crippen LogP contribution is 2.25. The van der Waals surface area contributed by atoms with Gasteiger partial charge in [-0.25, -0.2) is 0 Å². The maximum Gasteiger partial charge on any atom is 0.233 e. The summed E-state index contributed by atoms with van der Waals surface area (Å²) in [5, 5.41) is 10.1. The summed E-state index contributed by atoms with van der Waals surface area (Å²) in [6.07, 6.45) is 0. The Morgan fingerprint density at radius 2 is 1.81 bits per heavy atom. The molecular formula is C24H28ClN5OS. The van der Waals surface area contributed by atoms with Crippen LogP contribution in [0.1, 0.15) is 18.1 Å². The lowest BCUT2D eigenvalue weighted by molar-refractivity contribution is -0.130. The Labute approximate surface area is 198 Å². The van der Waals surface area contributed by atoms with Crippen LogP contribution in [0.3, 0.4) is 0 Å². The molecule has 2 heterocycles. The van der Waals surface area contributed by atoms with Gasteiger partial charge < -0.3 is 9.47 Å². The van der Waals surface area contributed by atoms with Crippen molar-refractivity contribution in [2.45, 2.75) is 32.1 Å². The maximum atomic E-state index is 12.8. The number of carbonyl (C=O) groups excluding carboxylic acids is 1. The highest BCUT2D eigenvalue weighted by molar-refractivity contribution is 7.99. The van der Waals surface area contributed by atoms with Gasteiger partial charge in [0.25, 0.3) is 0 Å². The smallest absolute Gasteiger partial charge is 0.233 e. The first-order valence-corrected chi connectivity index (χ1v) is 12.3. The van der Waals surface area contributed by atoms with Crippen LogP contribution in [0.5, 0.6) is 0 Å². The molecule has 4 rings (SSSR count). The molecule has 1 aromatic heterocycles. The fourth-order valence-electron chi connectivity index (χ4n) is 3.93. The van der Waals surface area contributed by atoms with E-state index in [4.69, 9.17) is 11.6 Å². The molecule has 3 aromatic rings. The summed E-state index contributed by atoms with van der Waals surface area (Å²) >= 11 is 7.46. The van der Waals surface area contributed by atoms with Crippen molar-refractivity contribution in [3.8, 4) is 11.4 Å². The molecule has 0 spiro atoms. The normalized spacial score (nSPS) is 14.7. The first-order valence-electron chi connectivity index (χ1n) is 10.9. The van der Waals surface area contributed by atoms with Crippen LogP contribution in [-0.4, -0.2) is 62.4 Å². The zero-order valence-corrected chi connectivity index (χ0v) is 20.1. The van der Waals surface area contributed by atoms with E-state index in [9.17, 15) is 4.79 Å². The van der Waals surface area contributed by atoms with E-state index < -0.39 is 0 Å². The number of amides is 1. The standard InChI is InChI=1S/C24H28ClN5OS/c1-3-30-23(20-7-9-21(25)10-8-20)26-27-24(30)32-17-22(31)29-13-11-28(12-14-29)16-19-6-4-5-18(2)15-19/h4-10,15H,3,11-14,16-17H2,1-2H3. The number of carbonyl (C=O) groups is 1. The summed E-state index contributed by atoms with van der Waals surface area (Å²) in [7, 11) is 0. The quantitative estimate of drug-likeness (QED) is 0.481. The number of hydrogen-bond acceptors (Lipinski definition) is 5. The second kappa shape index (κ2) is 10.5. The van der Waals surface area contributed by atoms with Crippen LogP contribution in [0.2, 0.25) is 5.02 Å². The van der Waals surface area contributed by atoms with Crippen molar-refractivity contribution in [1.29, 1.82) is 0 Å². The van der Waals surface area contributed by atoms with Crippen LogP contribution in [0, 0.1) is 6.92 Å². The molecule has 6 nitrogen and oxygen atoms in total. The zero-order chi connectivity index (χ0) is 22.5. The molecule has 1 amide bonds. The Hall–Kier alpha value is -2.35. The van der Waals surface area contributed by atoms with E-state index in [1.807, 2.05) is 33.7 Å². The van der Waals surface area contributed by atoms with Crippen LogP contribution in [0.25, 0.3) is 11.4 Å². The molecule has 1 saturated heterocycles. The third-order valence-electron chi connectivity index (χ3n) is 5.67. The van der Waals surface area contributed by atoms with Crippen molar-refractivity contribution in [3.05, 3.63) is 64.7 Å². The van der Waals surface area contributed by atoms with Gasteiger partial charge in [0.2, 0.25) is 5.91 Å². The minimum absolute atomic E-state index is 0.156. The summed E-state index contributed by atoms with van der Waals surface area (Å²) < 4.78 is 2.04. The molecular weight excluding hydrogens is 442 g/mol. The molecule has 1 fully saturated rings. The molecule has 1 aliphatic rings. The SMILES string of the molecule is CCn1c(SCC(=O)N2CCN(Cc3cccc(C)c3)CC2)nnc1-c1ccc(Cl)cc1. The molecule has 0 saturated carbocycles. The van der Waals surface area contributed by atoms with Crippen LogP contribution >= 0.6 is 23.4 Å². The number of rotatable bonds is 7. The van der Waals surface area contributed by atoms with Crippen LogP contribution < -0.4 is 0 Å². The number of aryl methyl sites for hydroxylation is 1. The highest BCUT2D eigenvalue weighted by atomic mass is 35.5. The molecule has 168 valence electrons. The second-order valence-electron chi connectivity index (χ2n) is 7.99. The van der Waals surface area contributed by atoms with Crippen molar-refractivity contribution >= 4 is 29.3 Å². The van der Waals surface area contributed by atoms with E-state index in [-0.39, 0.29) is 5.91 Å². The summed E-state index contributed by atoms with van der Waals surface area (Å²) in [6, 6.07) is 16.2. The highest BCUT2D eigenvalue weighted by Gasteiger charge is 2.22. The van der Waals surface area contributed by atoms with Gasteiger partial charge in [0, 0.05) is 49.9 Å². The van der Waals surface area contributed by atoms with Crippen molar-refractivity contribution < 1.29 is 4.79 Å². The molecule has 0 unspecified atom stereocenters. The number of aromatic nitrogens is 3. The van der Waals surface area contributed by atoms with Crippen molar-refractivity contribution in [2.75, 3.05) is 31.9 Å². The van der Waals surface area contributed by atoms with E-state index in [1.165, 1.54) is 22.9 Å². The third-order valence-corrected chi connectivity index (χ3v) is 6.88. The van der Waals surface area contributed by atoms with Gasteiger partial charge in [0.15, 0.2) is 11.0 Å². The lowest BCUT2D eigenvalue weighted by atomic mass is 10.1.